The van der Waals surface area contributed by atoms with Gasteiger partial charge in [0, 0.05) is 34.3 Å². The van der Waals surface area contributed by atoms with E-state index in [1.807, 2.05) is 0 Å². The predicted molar refractivity (Wildman–Crippen MR) is 147 cm³/mol. The highest BCUT2D eigenvalue weighted by atomic mass is 32.2. The molecule has 12 nitrogen and oxygen atoms in total. The van der Waals surface area contributed by atoms with Crippen LogP contribution in [0.4, 0.5) is 0 Å². The zero-order valence-corrected chi connectivity index (χ0v) is 23.5. The van der Waals surface area contributed by atoms with E-state index in [0.717, 1.165) is 0 Å². The summed E-state index contributed by atoms with van der Waals surface area (Å²) in [6.45, 7) is 0. The minimum Gasteiger partial charge on any atom is -0.351 e. The summed E-state index contributed by atoms with van der Waals surface area (Å²) in [5.41, 5.74) is 0.934. The molecule has 2 saturated heterocycles. The number of hydrogen-bond donors (Lipinski definition) is 2. The number of carbonyl (C=O) groups is 6. The largest absolute Gasteiger partial charge is 0.351 e. The van der Waals surface area contributed by atoms with Crippen molar-refractivity contribution >= 4 is 54.6 Å². The van der Waals surface area contributed by atoms with Gasteiger partial charge in [0.25, 0.3) is 0 Å². The first-order valence-corrected chi connectivity index (χ1v) is 16.9. The molecule has 4 atom stereocenters. The van der Waals surface area contributed by atoms with Crippen LogP contribution in [0.1, 0.15) is 54.3 Å². The molecule has 2 N–H and O–H groups in total. The van der Waals surface area contributed by atoms with Gasteiger partial charge in [0.1, 0.15) is 0 Å². The third-order valence-corrected chi connectivity index (χ3v) is 11.7. The van der Waals surface area contributed by atoms with E-state index in [1.165, 1.54) is 36.4 Å². The number of amides is 2. The molecule has 218 valence electrons. The summed E-state index contributed by atoms with van der Waals surface area (Å²) in [4.78, 5) is 77.7. The van der Waals surface area contributed by atoms with E-state index in [9.17, 15) is 45.6 Å². The van der Waals surface area contributed by atoms with Crippen molar-refractivity contribution in [1.29, 1.82) is 0 Å². The number of carbonyl (C=O) groups excluding carboxylic acids is 6. The molecule has 2 aromatic rings. The highest BCUT2D eigenvalue weighted by Crippen LogP contribution is 2.35. The van der Waals surface area contributed by atoms with E-state index >= 15 is 0 Å². The number of sulfone groups is 2. The molecule has 2 aromatic carbocycles. The first-order chi connectivity index (χ1) is 19.7. The van der Waals surface area contributed by atoms with Crippen LogP contribution in [0.2, 0.25) is 0 Å². The summed E-state index contributed by atoms with van der Waals surface area (Å²) in [7, 11) is -6.57. The summed E-state index contributed by atoms with van der Waals surface area (Å²) in [6.07, 6.45) is 0.398. The van der Waals surface area contributed by atoms with Crippen LogP contribution >= 0.6 is 0 Å². The molecule has 0 spiro atoms. The van der Waals surface area contributed by atoms with E-state index in [4.69, 9.17) is 0 Å². The van der Waals surface area contributed by atoms with Crippen molar-refractivity contribution in [1.82, 2.24) is 10.6 Å². The highest BCUT2D eigenvalue weighted by molar-refractivity contribution is 7.91. The van der Waals surface area contributed by atoms with Crippen LogP contribution in [0.15, 0.2) is 36.4 Å². The van der Waals surface area contributed by atoms with Crippen molar-refractivity contribution < 1.29 is 45.6 Å². The van der Waals surface area contributed by atoms with Gasteiger partial charge in [-0.2, -0.15) is 0 Å². The van der Waals surface area contributed by atoms with Gasteiger partial charge in [-0.1, -0.05) is 24.3 Å². The summed E-state index contributed by atoms with van der Waals surface area (Å²) >= 11 is 0. The zero-order valence-electron chi connectivity index (χ0n) is 21.9. The van der Waals surface area contributed by atoms with Gasteiger partial charge in [0.05, 0.1) is 23.0 Å². The molecule has 2 amide bonds. The molecule has 2 fully saturated rings. The lowest BCUT2D eigenvalue weighted by atomic mass is 9.97. The van der Waals surface area contributed by atoms with Crippen molar-refractivity contribution in [3.05, 3.63) is 58.7 Å². The summed E-state index contributed by atoms with van der Waals surface area (Å²) in [5.74, 6) is -8.50. The maximum atomic E-state index is 13.1. The second-order valence-electron chi connectivity index (χ2n) is 11.1. The minimum atomic E-state index is -3.29. The zero-order chi connectivity index (χ0) is 30.1. The van der Waals surface area contributed by atoms with Crippen LogP contribution < -0.4 is 10.6 Å². The van der Waals surface area contributed by atoms with E-state index < -0.39 is 78.5 Å². The molecule has 0 bridgehead atoms. The Morgan fingerprint density at radius 1 is 0.571 bits per heavy atom. The molecular weight excluding hydrogens is 588 g/mol. The molecule has 42 heavy (non-hydrogen) atoms. The van der Waals surface area contributed by atoms with E-state index in [-0.39, 0.29) is 58.1 Å². The Bertz CT molecular complexity index is 1730. The molecule has 2 aliphatic heterocycles. The Labute approximate surface area is 240 Å². The topological polar surface area (TPSA) is 195 Å². The summed E-state index contributed by atoms with van der Waals surface area (Å²) in [5, 5.41) is 5.01. The normalized spacial score (nSPS) is 27.1. The van der Waals surface area contributed by atoms with Crippen molar-refractivity contribution in [3.63, 3.8) is 0 Å². The van der Waals surface area contributed by atoms with Crippen molar-refractivity contribution in [2.45, 2.75) is 24.9 Å². The Kier molecular flexibility index (Phi) is 6.53. The molecule has 4 aliphatic rings. The van der Waals surface area contributed by atoms with Gasteiger partial charge in [-0.05, 0) is 36.1 Å². The molecule has 4 unspecified atom stereocenters. The van der Waals surface area contributed by atoms with E-state index in [0.29, 0.717) is 11.1 Å². The second kappa shape index (κ2) is 9.76. The van der Waals surface area contributed by atoms with Crippen LogP contribution in [0.5, 0.6) is 0 Å². The smallest absolute Gasteiger partial charge is 0.239 e. The quantitative estimate of drug-likeness (QED) is 0.432. The standard InChI is InChI=1S/C28H24N2O10S2/c31-23-17-3-1-13(9-19(17)25(33)21(23)27(35)29-15-5-7-41(37,38)11-15)14-2-4-18-20(10-14)26(34)22(24(18)32)28(36)30-16-6-8-42(39,40)12-16/h1-4,9-10,15-16,21-22H,5-8,11-12H2,(H,29,35)(H,30,36). The van der Waals surface area contributed by atoms with Crippen molar-refractivity contribution in [2.24, 2.45) is 11.8 Å². The van der Waals surface area contributed by atoms with E-state index in [2.05, 4.69) is 10.6 Å². The Hall–Kier alpha value is -4.04. The van der Waals surface area contributed by atoms with Gasteiger partial charge in [0.2, 0.25) is 11.8 Å². The second-order valence-corrected chi connectivity index (χ2v) is 15.5. The maximum absolute atomic E-state index is 13.1. The van der Waals surface area contributed by atoms with Crippen molar-refractivity contribution in [3.8, 4) is 11.1 Å². The van der Waals surface area contributed by atoms with Crippen LogP contribution in [-0.2, 0) is 29.3 Å². The van der Waals surface area contributed by atoms with Gasteiger partial charge in [0.15, 0.2) is 54.6 Å². The molecule has 0 aromatic heterocycles. The third kappa shape index (κ3) is 4.77. The fraction of sp³-hybridized carbons (Fsp3) is 0.357. The fourth-order valence-corrected chi connectivity index (χ4v) is 9.35. The van der Waals surface area contributed by atoms with Gasteiger partial charge < -0.3 is 10.6 Å². The maximum Gasteiger partial charge on any atom is 0.239 e. The molecule has 0 radical (unpaired) electrons. The SMILES string of the molecule is O=C(NC1CCS(=O)(=O)C1)C1C(=O)c2ccc(-c3ccc4c(c3)C(=O)C(C(=O)NC3CCS(=O)(=O)C3)C4=O)cc2C1=O. The number of Topliss-reactive ketones (excluding diaryl/α,β-unsaturated/α-hetero) is 4. The van der Waals surface area contributed by atoms with Gasteiger partial charge in [-0.25, -0.2) is 16.8 Å². The number of hydrogen-bond acceptors (Lipinski definition) is 10. The summed E-state index contributed by atoms with van der Waals surface area (Å²) < 4.78 is 46.8. The molecule has 14 heteroatoms. The van der Waals surface area contributed by atoms with Crippen molar-refractivity contribution in [2.75, 3.05) is 23.0 Å². The lowest BCUT2D eigenvalue weighted by molar-refractivity contribution is -0.123. The number of benzene rings is 2. The Morgan fingerprint density at radius 2 is 0.929 bits per heavy atom. The predicted octanol–water partition coefficient (Wildman–Crippen LogP) is -0.0494. The number of rotatable bonds is 5. The highest BCUT2D eigenvalue weighted by Gasteiger charge is 2.46. The Morgan fingerprint density at radius 3 is 1.26 bits per heavy atom. The number of fused-ring (bicyclic) bond motifs is 2. The lowest BCUT2D eigenvalue weighted by Gasteiger charge is -2.13. The van der Waals surface area contributed by atoms with Crippen LogP contribution in [-0.4, -0.2) is 86.9 Å². The average molecular weight is 613 g/mol. The molecule has 0 saturated carbocycles. The van der Waals surface area contributed by atoms with Gasteiger partial charge in [-0.3, -0.25) is 28.8 Å². The van der Waals surface area contributed by atoms with Crippen LogP contribution in [0.25, 0.3) is 11.1 Å². The van der Waals surface area contributed by atoms with E-state index in [1.54, 1.807) is 0 Å². The molecule has 2 heterocycles. The fourth-order valence-electron chi connectivity index (χ4n) is 6.01. The first-order valence-electron chi connectivity index (χ1n) is 13.2. The van der Waals surface area contributed by atoms with Gasteiger partial charge >= 0.3 is 0 Å². The first kappa shape index (κ1) is 28.1. The summed E-state index contributed by atoms with van der Waals surface area (Å²) in [6, 6.07) is 7.32. The monoisotopic (exact) mass is 612 g/mol. The molecule has 6 rings (SSSR count). The average Bonchev–Trinajstić information content (AvgIpc) is 3.60. The Balaban J connectivity index is 1.21. The minimum absolute atomic E-state index is 0.00312. The van der Waals surface area contributed by atoms with Gasteiger partial charge in [-0.15, -0.1) is 0 Å². The third-order valence-electron chi connectivity index (χ3n) is 8.17. The van der Waals surface area contributed by atoms with Crippen LogP contribution in [0.3, 0.4) is 0 Å². The number of ketones is 4. The molecule has 2 aliphatic carbocycles. The number of nitrogens with one attached hydrogen (secondary N) is 2. The lowest BCUT2D eigenvalue weighted by Crippen LogP contribution is -2.43. The van der Waals surface area contributed by atoms with Crippen LogP contribution in [0, 0.1) is 11.8 Å². The molecular formula is C28H24N2O10S2.